The molecule has 0 saturated carbocycles. The minimum Gasteiger partial charge on any atom is -0.370 e. The van der Waals surface area contributed by atoms with Crippen LogP contribution >= 0.6 is 23.2 Å². The topological polar surface area (TPSA) is 104 Å². The Morgan fingerprint density at radius 1 is 1.06 bits per heavy atom. The highest BCUT2D eigenvalue weighted by Crippen LogP contribution is 2.31. The molecular formula is C24H24Cl2N6O2. The zero-order valence-electron chi connectivity index (χ0n) is 18.3. The zero-order valence-corrected chi connectivity index (χ0v) is 19.8. The fraction of sp³-hybridized carbons (Fsp3) is 0.250. The van der Waals surface area contributed by atoms with Crippen molar-refractivity contribution in [1.29, 1.82) is 0 Å². The van der Waals surface area contributed by atoms with Crippen molar-refractivity contribution in [3.8, 4) is 0 Å². The van der Waals surface area contributed by atoms with Crippen molar-refractivity contribution < 1.29 is 4.92 Å². The number of unbranched alkanes of at least 4 members (excludes halogenated alkanes) is 2. The quantitative estimate of drug-likeness (QED) is 0.188. The standard InChI is InChI=1S/C24H24Cl2N6O2/c25-16-8-10-18(20(26)14-16)24-30-21-7-3-2-6-19(21)23(31-24)28-13-5-1-4-12-27-22-11-9-17(15-29-22)32(33)34/h2-3,6-11,14-15,24,30H,1,4-5,12-13H2,(H,27,29)(H,28,31). The number of fused-ring (bicyclic) bond motifs is 1. The highest BCUT2D eigenvalue weighted by atomic mass is 35.5. The maximum atomic E-state index is 10.7. The molecule has 0 saturated heterocycles. The first-order valence-corrected chi connectivity index (χ1v) is 11.7. The maximum Gasteiger partial charge on any atom is 0.287 e. The molecule has 176 valence electrons. The highest BCUT2D eigenvalue weighted by molar-refractivity contribution is 6.35. The van der Waals surface area contributed by atoms with E-state index < -0.39 is 4.92 Å². The lowest BCUT2D eigenvalue weighted by molar-refractivity contribution is -0.385. The minimum atomic E-state index is -0.458. The summed E-state index contributed by atoms with van der Waals surface area (Å²) in [5, 5.41) is 22.0. The van der Waals surface area contributed by atoms with Gasteiger partial charge in [0.1, 0.15) is 24.0 Å². The predicted molar refractivity (Wildman–Crippen MR) is 137 cm³/mol. The van der Waals surface area contributed by atoms with E-state index in [9.17, 15) is 10.1 Å². The van der Waals surface area contributed by atoms with E-state index in [0.29, 0.717) is 22.4 Å². The second kappa shape index (κ2) is 11.2. The average molecular weight is 499 g/mol. The van der Waals surface area contributed by atoms with Crippen LogP contribution in [0.25, 0.3) is 0 Å². The van der Waals surface area contributed by atoms with Crippen LogP contribution in [0.4, 0.5) is 17.2 Å². The van der Waals surface area contributed by atoms with Crippen LogP contribution in [-0.4, -0.2) is 28.8 Å². The van der Waals surface area contributed by atoms with E-state index in [1.165, 1.54) is 12.3 Å². The van der Waals surface area contributed by atoms with Crippen molar-refractivity contribution in [1.82, 2.24) is 10.3 Å². The Balaban J connectivity index is 1.30. The van der Waals surface area contributed by atoms with Crippen molar-refractivity contribution in [2.24, 2.45) is 4.99 Å². The van der Waals surface area contributed by atoms with Gasteiger partial charge in [-0.2, -0.15) is 0 Å². The van der Waals surface area contributed by atoms with Gasteiger partial charge < -0.3 is 16.0 Å². The molecule has 8 nitrogen and oxygen atoms in total. The lowest BCUT2D eigenvalue weighted by Gasteiger charge is -2.31. The number of hydrogen-bond acceptors (Lipinski definition) is 6. The molecule has 0 radical (unpaired) electrons. The van der Waals surface area contributed by atoms with Crippen LogP contribution in [-0.2, 0) is 0 Å². The number of rotatable bonds is 9. The van der Waals surface area contributed by atoms with Gasteiger partial charge in [0.15, 0.2) is 0 Å². The van der Waals surface area contributed by atoms with Gasteiger partial charge in [0.25, 0.3) is 5.69 Å². The van der Waals surface area contributed by atoms with Gasteiger partial charge in [-0.05, 0) is 49.6 Å². The molecule has 34 heavy (non-hydrogen) atoms. The summed E-state index contributed by atoms with van der Waals surface area (Å²) in [7, 11) is 0. The second-order valence-corrected chi connectivity index (χ2v) is 8.65. The smallest absolute Gasteiger partial charge is 0.287 e. The van der Waals surface area contributed by atoms with E-state index in [1.54, 1.807) is 12.1 Å². The molecule has 2 aromatic carbocycles. The molecule has 2 heterocycles. The second-order valence-electron chi connectivity index (χ2n) is 7.81. The van der Waals surface area contributed by atoms with Crippen LogP contribution < -0.4 is 16.0 Å². The molecule has 3 aromatic rings. The third kappa shape index (κ3) is 5.95. The van der Waals surface area contributed by atoms with Gasteiger partial charge in [-0.1, -0.05) is 41.4 Å². The van der Waals surface area contributed by atoms with E-state index in [-0.39, 0.29) is 11.9 Å². The number of pyridine rings is 1. The number of anilines is 2. The Morgan fingerprint density at radius 2 is 1.91 bits per heavy atom. The highest BCUT2D eigenvalue weighted by Gasteiger charge is 2.24. The van der Waals surface area contributed by atoms with Gasteiger partial charge in [-0.25, -0.2) is 4.98 Å². The number of benzene rings is 2. The van der Waals surface area contributed by atoms with Crippen molar-refractivity contribution in [3.05, 3.63) is 92.1 Å². The number of aliphatic imine (C=N–C) groups is 1. The number of nitrogens with zero attached hydrogens (tertiary/aromatic N) is 3. The fourth-order valence-electron chi connectivity index (χ4n) is 3.66. The number of halogens is 2. The van der Waals surface area contributed by atoms with Crippen LogP contribution in [0.15, 0.2) is 65.8 Å². The summed E-state index contributed by atoms with van der Waals surface area (Å²) >= 11 is 12.5. The molecule has 0 spiro atoms. The molecule has 10 heteroatoms. The number of nitrogens with one attached hydrogen (secondary N) is 3. The van der Waals surface area contributed by atoms with E-state index in [1.807, 2.05) is 36.4 Å². The van der Waals surface area contributed by atoms with E-state index in [0.717, 1.165) is 48.5 Å². The first kappa shape index (κ1) is 23.8. The molecule has 0 amide bonds. The maximum absolute atomic E-state index is 10.7. The van der Waals surface area contributed by atoms with Crippen LogP contribution in [0.3, 0.4) is 0 Å². The summed E-state index contributed by atoms with van der Waals surface area (Å²) in [5.41, 5.74) is 2.91. The Kier molecular flexibility index (Phi) is 7.82. The summed E-state index contributed by atoms with van der Waals surface area (Å²) < 4.78 is 0. The molecule has 1 atom stereocenters. The van der Waals surface area contributed by atoms with Crippen molar-refractivity contribution in [2.45, 2.75) is 25.4 Å². The number of nitro groups is 1. The predicted octanol–water partition coefficient (Wildman–Crippen LogP) is 6.04. The monoisotopic (exact) mass is 498 g/mol. The molecule has 0 fully saturated rings. The SMILES string of the molecule is O=[N+]([O-])c1ccc(NCCCCCN=C2NC(c3ccc(Cl)cc3Cl)Nc3ccccc32)nc1. The van der Waals surface area contributed by atoms with Gasteiger partial charge in [0.05, 0.1) is 4.92 Å². The molecule has 3 N–H and O–H groups in total. The summed E-state index contributed by atoms with van der Waals surface area (Å²) in [6.07, 6.45) is 3.91. The Labute approximate surface area is 207 Å². The fourth-order valence-corrected chi connectivity index (χ4v) is 4.18. The van der Waals surface area contributed by atoms with E-state index in [2.05, 4.69) is 20.9 Å². The zero-order chi connectivity index (χ0) is 23.9. The first-order valence-electron chi connectivity index (χ1n) is 11.0. The van der Waals surface area contributed by atoms with E-state index in [4.69, 9.17) is 28.2 Å². The van der Waals surface area contributed by atoms with Crippen molar-refractivity contribution in [3.63, 3.8) is 0 Å². The Hall–Kier alpha value is -3.36. The molecule has 1 aliphatic rings. The molecule has 1 aromatic heterocycles. The van der Waals surface area contributed by atoms with Crippen molar-refractivity contribution >= 4 is 46.2 Å². The van der Waals surface area contributed by atoms with Crippen LogP contribution in [0.1, 0.15) is 36.6 Å². The third-order valence-corrected chi connectivity index (χ3v) is 5.97. The van der Waals surface area contributed by atoms with Crippen molar-refractivity contribution in [2.75, 3.05) is 23.7 Å². The summed E-state index contributed by atoms with van der Waals surface area (Å²) in [5.74, 6) is 1.46. The lowest BCUT2D eigenvalue weighted by atomic mass is 10.1. The minimum absolute atomic E-state index is 0.0154. The molecule has 1 aliphatic heterocycles. The average Bonchev–Trinajstić information content (AvgIpc) is 2.83. The Morgan fingerprint density at radius 3 is 2.68 bits per heavy atom. The number of amidine groups is 1. The molecule has 0 bridgehead atoms. The first-order chi connectivity index (χ1) is 16.5. The molecular weight excluding hydrogens is 475 g/mol. The number of hydrogen-bond donors (Lipinski definition) is 3. The molecule has 0 aliphatic carbocycles. The van der Waals surface area contributed by atoms with Gasteiger partial charge in [-0.3, -0.25) is 15.1 Å². The van der Waals surface area contributed by atoms with E-state index >= 15 is 0 Å². The normalized spacial score (nSPS) is 15.8. The molecule has 1 unspecified atom stereocenters. The van der Waals surface area contributed by atoms with Gasteiger partial charge >= 0.3 is 0 Å². The number of aromatic nitrogens is 1. The van der Waals surface area contributed by atoms with Crippen LogP contribution in [0.5, 0.6) is 0 Å². The van der Waals surface area contributed by atoms with Crippen LogP contribution in [0, 0.1) is 10.1 Å². The van der Waals surface area contributed by atoms with Crippen LogP contribution in [0.2, 0.25) is 10.0 Å². The number of para-hydroxylation sites is 1. The third-order valence-electron chi connectivity index (χ3n) is 5.41. The summed E-state index contributed by atoms with van der Waals surface area (Å²) in [6.45, 7) is 1.43. The Bertz CT molecular complexity index is 1190. The largest absolute Gasteiger partial charge is 0.370 e. The van der Waals surface area contributed by atoms with Gasteiger partial charge in [0, 0.05) is 46.0 Å². The summed E-state index contributed by atoms with van der Waals surface area (Å²) in [4.78, 5) is 19.1. The van der Waals surface area contributed by atoms with Gasteiger partial charge in [0.2, 0.25) is 0 Å². The summed E-state index contributed by atoms with van der Waals surface area (Å²) in [6, 6.07) is 16.6. The lowest BCUT2D eigenvalue weighted by Crippen LogP contribution is -2.39. The molecule has 4 rings (SSSR count). The van der Waals surface area contributed by atoms with Gasteiger partial charge in [-0.15, -0.1) is 0 Å².